The Morgan fingerprint density at radius 1 is 1.22 bits per heavy atom. The Bertz CT molecular complexity index is 864. The van der Waals surface area contributed by atoms with Crippen molar-refractivity contribution in [1.82, 2.24) is 4.98 Å². The van der Waals surface area contributed by atoms with E-state index >= 15 is 0 Å². The summed E-state index contributed by atoms with van der Waals surface area (Å²) >= 11 is 0. The second kappa shape index (κ2) is 7.30. The molecule has 1 heterocycles. The summed E-state index contributed by atoms with van der Waals surface area (Å²) < 4.78 is 0. The average Bonchev–Trinajstić information content (AvgIpc) is 2.54. The summed E-state index contributed by atoms with van der Waals surface area (Å²) in [6.07, 6.45) is 4.59. The Balaban J connectivity index is 0.00000192. The summed E-state index contributed by atoms with van der Waals surface area (Å²) in [6.45, 7) is 4.24. The van der Waals surface area contributed by atoms with Gasteiger partial charge in [0, 0.05) is 34.9 Å². The van der Waals surface area contributed by atoms with E-state index in [4.69, 9.17) is 0 Å². The fourth-order valence-corrected chi connectivity index (χ4v) is 2.62. The van der Waals surface area contributed by atoms with Crippen molar-refractivity contribution < 1.29 is 39.5 Å². The second-order valence-corrected chi connectivity index (χ2v) is 5.52. The number of pyridine rings is 1. The fourth-order valence-electron chi connectivity index (χ4n) is 2.62. The fraction of sp³-hybridized carbons (Fsp3) is 0.222. The number of hydrogen-bond acceptors (Lipinski definition) is 4. The van der Waals surface area contributed by atoms with Gasteiger partial charge in [-0.15, -0.1) is 0 Å². The van der Waals surface area contributed by atoms with Crippen LogP contribution in [0.25, 0.3) is 21.5 Å². The van der Waals surface area contributed by atoms with Crippen LogP contribution >= 0.6 is 0 Å². The number of carboxylic acid groups (broad SMARTS) is 1. The summed E-state index contributed by atoms with van der Waals surface area (Å²) in [4.78, 5) is 15.3. The molecule has 23 heavy (non-hydrogen) atoms. The molecule has 0 fully saturated rings. The van der Waals surface area contributed by atoms with Crippen LogP contribution in [0.2, 0.25) is 0 Å². The van der Waals surface area contributed by atoms with E-state index in [0.29, 0.717) is 6.04 Å². The van der Waals surface area contributed by atoms with Gasteiger partial charge in [0.15, 0.2) is 0 Å². The Morgan fingerprint density at radius 2 is 2.00 bits per heavy atom. The van der Waals surface area contributed by atoms with Crippen LogP contribution in [0.15, 0.2) is 42.7 Å². The molecule has 1 atom stereocenters. The molecule has 0 aliphatic carbocycles. The van der Waals surface area contributed by atoms with Gasteiger partial charge >= 0.3 is 29.6 Å². The Morgan fingerprint density at radius 3 is 2.70 bits per heavy atom. The first-order valence-electron chi connectivity index (χ1n) is 7.38. The van der Waals surface area contributed by atoms with Crippen LogP contribution in [0.1, 0.15) is 30.6 Å². The summed E-state index contributed by atoms with van der Waals surface area (Å²) in [5, 5.41) is 18.5. The van der Waals surface area contributed by atoms with Crippen molar-refractivity contribution in [2.75, 3.05) is 5.32 Å². The molecule has 0 radical (unpaired) electrons. The SMILES string of the molecule is CCC(C)Nc1cc2cc(C(=O)[O-])ccc2c2cnccc12.[Na+]. The number of carbonyl (C=O) groups excluding carboxylic acids is 1. The maximum atomic E-state index is 11.1. The van der Waals surface area contributed by atoms with Crippen molar-refractivity contribution in [3.8, 4) is 0 Å². The van der Waals surface area contributed by atoms with Crippen LogP contribution in [-0.4, -0.2) is 17.0 Å². The number of rotatable bonds is 4. The molecule has 112 valence electrons. The van der Waals surface area contributed by atoms with Gasteiger partial charge in [-0.3, -0.25) is 4.98 Å². The molecule has 1 N–H and O–H groups in total. The van der Waals surface area contributed by atoms with E-state index in [-0.39, 0.29) is 35.1 Å². The Hall–Kier alpha value is -1.62. The number of nitrogens with zero attached hydrogens (tertiary/aromatic N) is 1. The molecule has 3 rings (SSSR count). The largest absolute Gasteiger partial charge is 1.00 e. The van der Waals surface area contributed by atoms with Gasteiger partial charge in [-0.1, -0.05) is 19.1 Å². The number of hydrogen-bond donors (Lipinski definition) is 1. The normalized spacial score (nSPS) is 11.9. The predicted molar refractivity (Wildman–Crippen MR) is 87.0 cm³/mol. The number of carboxylic acids is 1. The minimum Gasteiger partial charge on any atom is -0.545 e. The van der Waals surface area contributed by atoms with Gasteiger partial charge in [-0.05, 0) is 47.9 Å². The first kappa shape index (κ1) is 17.7. The summed E-state index contributed by atoms with van der Waals surface area (Å²) in [5.41, 5.74) is 1.18. The zero-order valence-corrected chi connectivity index (χ0v) is 15.6. The molecule has 0 bridgehead atoms. The van der Waals surface area contributed by atoms with Crippen molar-refractivity contribution in [2.24, 2.45) is 0 Å². The van der Waals surface area contributed by atoms with Crippen LogP contribution in [0, 0.1) is 0 Å². The molecule has 0 saturated heterocycles. The van der Waals surface area contributed by atoms with Crippen molar-refractivity contribution in [3.05, 3.63) is 48.3 Å². The van der Waals surface area contributed by atoms with E-state index < -0.39 is 5.97 Å². The molecule has 0 aliphatic heterocycles. The van der Waals surface area contributed by atoms with Crippen LogP contribution in [0.3, 0.4) is 0 Å². The van der Waals surface area contributed by atoms with Gasteiger partial charge < -0.3 is 15.2 Å². The van der Waals surface area contributed by atoms with Gasteiger partial charge in [0.1, 0.15) is 0 Å². The monoisotopic (exact) mass is 316 g/mol. The molecular formula is C18H17N2NaO2. The minimum absolute atomic E-state index is 0. The van der Waals surface area contributed by atoms with Gasteiger partial charge in [0.2, 0.25) is 0 Å². The average molecular weight is 316 g/mol. The first-order valence-corrected chi connectivity index (χ1v) is 7.38. The summed E-state index contributed by atoms with van der Waals surface area (Å²) in [6, 6.07) is 9.35. The van der Waals surface area contributed by atoms with Crippen LogP contribution in [-0.2, 0) is 0 Å². The van der Waals surface area contributed by atoms with Crippen LogP contribution < -0.4 is 40.0 Å². The Labute approximate surface area is 157 Å². The second-order valence-electron chi connectivity index (χ2n) is 5.52. The van der Waals surface area contributed by atoms with Crippen molar-refractivity contribution in [3.63, 3.8) is 0 Å². The minimum atomic E-state index is -1.16. The molecule has 0 amide bonds. The molecule has 3 aromatic rings. The smallest absolute Gasteiger partial charge is 0.545 e. The van der Waals surface area contributed by atoms with E-state index in [2.05, 4.69) is 24.1 Å². The third-order valence-corrected chi connectivity index (χ3v) is 4.00. The number of nitrogens with one attached hydrogen (secondary N) is 1. The zero-order chi connectivity index (χ0) is 15.7. The summed E-state index contributed by atoms with van der Waals surface area (Å²) in [5.74, 6) is -1.16. The number of fused-ring (bicyclic) bond motifs is 3. The van der Waals surface area contributed by atoms with Gasteiger partial charge in [-0.2, -0.15) is 0 Å². The molecule has 0 spiro atoms. The van der Waals surface area contributed by atoms with Gasteiger partial charge in [0.05, 0.1) is 5.97 Å². The number of aromatic nitrogens is 1. The zero-order valence-electron chi connectivity index (χ0n) is 13.6. The molecule has 0 saturated carbocycles. The quantitative estimate of drug-likeness (QED) is 0.542. The molecule has 1 aromatic heterocycles. The maximum absolute atomic E-state index is 11.1. The topological polar surface area (TPSA) is 65.0 Å². The number of carbonyl (C=O) groups is 1. The van der Waals surface area contributed by atoms with Crippen molar-refractivity contribution >= 4 is 33.2 Å². The molecule has 2 aromatic carbocycles. The molecular weight excluding hydrogens is 299 g/mol. The van der Waals surface area contributed by atoms with Gasteiger partial charge in [0.25, 0.3) is 0 Å². The number of aromatic carboxylic acids is 1. The Kier molecular flexibility index (Phi) is 5.63. The molecule has 4 nitrogen and oxygen atoms in total. The number of benzene rings is 2. The summed E-state index contributed by atoms with van der Waals surface area (Å²) in [7, 11) is 0. The van der Waals surface area contributed by atoms with Crippen molar-refractivity contribution in [2.45, 2.75) is 26.3 Å². The molecule has 0 aliphatic rings. The van der Waals surface area contributed by atoms with Gasteiger partial charge in [-0.25, -0.2) is 0 Å². The third kappa shape index (κ3) is 3.50. The van der Waals surface area contributed by atoms with E-state index in [1.54, 1.807) is 18.3 Å². The van der Waals surface area contributed by atoms with Crippen molar-refractivity contribution in [1.29, 1.82) is 0 Å². The number of anilines is 1. The van der Waals surface area contributed by atoms with E-state index in [1.165, 1.54) is 0 Å². The van der Waals surface area contributed by atoms with E-state index in [9.17, 15) is 9.90 Å². The molecule has 1 unspecified atom stereocenters. The molecule has 5 heteroatoms. The van der Waals surface area contributed by atoms with Crippen LogP contribution in [0.5, 0.6) is 0 Å². The maximum Gasteiger partial charge on any atom is 1.00 e. The first-order chi connectivity index (χ1) is 10.6. The standard InChI is InChI=1S/C18H18N2O2.Na/c1-3-11(2)20-17-9-13-8-12(18(21)22)4-5-14(13)16-10-19-7-6-15(16)17;/h4-11,20H,3H2,1-2H3,(H,21,22);/q;+1/p-1. The van der Waals surface area contributed by atoms with Crippen LogP contribution in [0.4, 0.5) is 5.69 Å². The van der Waals surface area contributed by atoms with E-state index in [0.717, 1.165) is 33.7 Å². The third-order valence-electron chi connectivity index (χ3n) is 4.00. The predicted octanol–water partition coefficient (Wildman–Crippen LogP) is -0.0341. The van der Waals surface area contributed by atoms with E-state index in [1.807, 2.05) is 24.4 Å².